The predicted octanol–water partition coefficient (Wildman–Crippen LogP) is 6.00. The maximum Gasteiger partial charge on any atom is 0.156 e. The minimum absolute atomic E-state index is 0.746. The van der Waals surface area contributed by atoms with E-state index >= 15 is 0 Å². The summed E-state index contributed by atoms with van der Waals surface area (Å²) in [5.41, 5.74) is 5.03. The fourth-order valence-electron chi connectivity index (χ4n) is 3.80. The number of nitrogens with zero attached hydrogens (tertiary/aromatic N) is 2. The van der Waals surface area contributed by atoms with Gasteiger partial charge in [0.25, 0.3) is 0 Å². The Hall–Kier alpha value is -2.72. The van der Waals surface area contributed by atoms with Gasteiger partial charge in [-0.2, -0.15) is 5.10 Å². The van der Waals surface area contributed by atoms with Crippen LogP contribution < -0.4 is 5.32 Å². The van der Waals surface area contributed by atoms with Crippen LogP contribution in [0.5, 0.6) is 0 Å². The van der Waals surface area contributed by atoms with Crippen molar-refractivity contribution < 1.29 is 4.42 Å². The fraction of sp³-hybridized carbons (Fsp3) is 0.227. The highest BCUT2D eigenvalue weighted by Crippen LogP contribution is 2.37. The Bertz CT molecular complexity index is 1110. The van der Waals surface area contributed by atoms with Crippen molar-refractivity contribution in [3.8, 4) is 17.1 Å². The molecule has 27 heavy (non-hydrogen) atoms. The first-order valence-corrected chi connectivity index (χ1v) is 9.70. The standard InChI is InChI=1S/C22H20ClN3O/c1-14-17(23)9-6-10-18(14)26-22-16(8-4-5-12-24-22)21(25-26)20-13-15-7-2-3-11-19(15)27-20/h2-3,6-7,9-11,13,24H,4-5,8,12H2,1H3. The van der Waals surface area contributed by atoms with Crippen molar-refractivity contribution in [2.45, 2.75) is 26.2 Å². The van der Waals surface area contributed by atoms with Crippen LogP contribution >= 0.6 is 11.6 Å². The second-order valence-electron chi connectivity index (χ2n) is 7.00. The van der Waals surface area contributed by atoms with E-state index in [2.05, 4.69) is 23.5 Å². The monoisotopic (exact) mass is 377 g/mol. The van der Waals surface area contributed by atoms with E-state index in [9.17, 15) is 0 Å². The van der Waals surface area contributed by atoms with Crippen molar-refractivity contribution in [3.63, 3.8) is 0 Å². The molecule has 4 aromatic rings. The Balaban J connectivity index is 1.74. The number of fused-ring (bicyclic) bond motifs is 2. The molecule has 1 N–H and O–H groups in total. The molecule has 3 heterocycles. The summed E-state index contributed by atoms with van der Waals surface area (Å²) >= 11 is 6.38. The second-order valence-corrected chi connectivity index (χ2v) is 7.41. The topological polar surface area (TPSA) is 43.0 Å². The van der Waals surface area contributed by atoms with Crippen LogP contribution in [0.2, 0.25) is 5.02 Å². The van der Waals surface area contributed by atoms with Crippen LogP contribution in [0.4, 0.5) is 5.82 Å². The lowest BCUT2D eigenvalue weighted by molar-refractivity contribution is 0.625. The highest BCUT2D eigenvalue weighted by atomic mass is 35.5. The first-order valence-electron chi connectivity index (χ1n) is 9.32. The van der Waals surface area contributed by atoms with Gasteiger partial charge in [-0.25, -0.2) is 4.68 Å². The van der Waals surface area contributed by atoms with Crippen molar-refractivity contribution >= 4 is 28.4 Å². The van der Waals surface area contributed by atoms with Crippen molar-refractivity contribution in [2.75, 3.05) is 11.9 Å². The molecule has 0 spiro atoms. The van der Waals surface area contributed by atoms with Gasteiger partial charge in [0, 0.05) is 22.5 Å². The maximum absolute atomic E-state index is 6.38. The van der Waals surface area contributed by atoms with Crippen LogP contribution in [0.3, 0.4) is 0 Å². The van der Waals surface area contributed by atoms with Gasteiger partial charge < -0.3 is 9.73 Å². The molecule has 0 amide bonds. The highest BCUT2D eigenvalue weighted by Gasteiger charge is 2.24. The van der Waals surface area contributed by atoms with E-state index in [0.29, 0.717) is 0 Å². The highest BCUT2D eigenvalue weighted by molar-refractivity contribution is 6.31. The molecule has 1 aliphatic heterocycles. The van der Waals surface area contributed by atoms with Gasteiger partial charge in [-0.15, -0.1) is 0 Å². The summed E-state index contributed by atoms with van der Waals surface area (Å²) in [6.07, 6.45) is 3.25. The largest absolute Gasteiger partial charge is 0.454 e. The molecule has 4 nitrogen and oxygen atoms in total. The van der Waals surface area contributed by atoms with Crippen LogP contribution in [0, 0.1) is 6.92 Å². The predicted molar refractivity (Wildman–Crippen MR) is 110 cm³/mol. The molecule has 0 saturated heterocycles. The fourth-order valence-corrected chi connectivity index (χ4v) is 3.97. The molecule has 0 fully saturated rings. The van der Waals surface area contributed by atoms with Gasteiger partial charge in [-0.05, 0) is 56.0 Å². The van der Waals surface area contributed by atoms with Crippen LogP contribution in [0.25, 0.3) is 28.1 Å². The third-order valence-corrected chi connectivity index (χ3v) is 5.67. The molecular weight excluding hydrogens is 358 g/mol. The second kappa shape index (κ2) is 6.46. The molecular formula is C22H20ClN3O. The number of rotatable bonds is 2. The molecule has 0 unspecified atom stereocenters. The van der Waals surface area contributed by atoms with E-state index in [-0.39, 0.29) is 0 Å². The van der Waals surface area contributed by atoms with Crippen LogP contribution in [-0.4, -0.2) is 16.3 Å². The van der Waals surface area contributed by atoms with Gasteiger partial charge in [0.1, 0.15) is 17.1 Å². The molecule has 0 atom stereocenters. The van der Waals surface area contributed by atoms with Gasteiger partial charge in [0.05, 0.1) is 5.69 Å². The van der Waals surface area contributed by atoms with Crippen molar-refractivity contribution in [2.24, 2.45) is 0 Å². The number of para-hydroxylation sites is 1. The van der Waals surface area contributed by atoms with Crippen LogP contribution in [-0.2, 0) is 6.42 Å². The minimum Gasteiger partial charge on any atom is -0.454 e. The Morgan fingerprint density at radius 3 is 2.89 bits per heavy atom. The molecule has 0 bridgehead atoms. The molecule has 2 aromatic heterocycles. The lowest BCUT2D eigenvalue weighted by Gasteiger charge is -2.12. The van der Waals surface area contributed by atoms with E-state index in [1.54, 1.807) is 0 Å². The maximum atomic E-state index is 6.38. The summed E-state index contributed by atoms with van der Waals surface area (Å²) in [5, 5.41) is 10.4. The Morgan fingerprint density at radius 1 is 1.11 bits per heavy atom. The third kappa shape index (κ3) is 2.72. The van der Waals surface area contributed by atoms with Crippen LogP contribution in [0.1, 0.15) is 24.0 Å². The molecule has 0 saturated carbocycles. The quantitative estimate of drug-likeness (QED) is 0.466. The summed E-state index contributed by atoms with van der Waals surface area (Å²) in [7, 11) is 0. The molecule has 5 rings (SSSR count). The molecule has 0 aliphatic carbocycles. The average molecular weight is 378 g/mol. The SMILES string of the molecule is Cc1c(Cl)cccc1-n1nc(-c2cc3ccccc3o2)c2c1NCCCC2. The zero-order valence-corrected chi connectivity index (χ0v) is 15.9. The first kappa shape index (κ1) is 16.5. The summed E-state index contributed by atoms with van der Waals surface area (Å²) in [4.78, 5) is 0. The molecule has 136 valence electrons. The first-order chi connectivity index (χ1) is 13.2. The van der Waals surface area contributed by atoms with E-state index in [0.717, 1.165) is 70.3 Å². The lowest BCUT2D eigenvalue weighted by atomic mass is 10.1. The van der Waals surface area contributed by atoms with E-state index in [1.807, 2.05) is 41.9 Å². The zero-order valence-electron chi connectivity index (χ0n) is 15.1. The molecule has 2 aromatic carbocycles. The van der Waals surface area contributed by atoms with Gasteiger partial charge in [0.15, 0.2) is 5.76 Å². The number of halogens is 1. The summed E-state index contributed by atoms with van der Waals surface area (Å²) in [5.74, 6) is 1.86. The van der Waals surface area contributed by atoms with Crippen LogP contribution in [0.15, 0.2) is 52.9 Å². The van der Waals surface area contributed by atoms with Gasteiger partial charge in [0.2, 0.25) is 0 Å². The van der Waals surface area contributed by atoms with Crippen molar-refractivity contribution in [3.05, 3.63) is 64.7 Å². The number of hydrogen-bond donors (Lipinski definition) is 1. The number of aromatic nitrogens is 2. The van der Waals surface area contributed by atoms with E-state index in [1.165, 1.54) is 5.56 Å². The Labute approximate surface area is 162 Å². The summed E-state index contributed by atoms with van der Waals surface area (Å²) < 4.78 is 8.12. The third-order valence-electron chi connectivity index (χ3n) is 5.26. The van der Waals surface area contributed by atoms with Gasteiger partial charge >= 0.3 is 0 Å². The molecule has 0 radical (unpaired) electrons. The van der Waals surface area contributed by atoms with Crippen molar-refractivity contribution in [1.29, 1.82) is 0 Å². The smallest absolute Gasteiger partial charge is 0.156 e. The average Bonchev–Trinajstić information content (AvgIpc) is 3.17. The summed E-state index contributed by atoms with van der Waals surface area (Å²) in [6, 6.07) is 16.1. The van der Waals surface area contributed by atoms with E-state index in [4.69, 9.17) is 21.1 Å². The number of anilines is 1. The minimum atomic E-state index is 0.746. The Morgan fingerprint density at radius 2 is 2.00 bits per heavy atom. The molecule has 1 aliphatic rings. The zero-order chi connectivity index (χ0) is 18.4. The number of furan rings is 1. The number of nitrogens with one attached hydrogen (secondary N) is 1. The Kier molecular flexibility index (Phi) is 3.94. The van der Waals surface area contributed by atoms with Gasteiger partial charge in [-0.3, -0.25) is 0 Å². The lowest BCUT2D eigenvalue weighted by Crippen LogP contribution is -2.08. The molecule has 5 heteroatoms. The number of benzene rings is 2. The van der Waals surface area contributed by atoms with Gasteiger partial charge in [-0.1, -0.05) is 35.9 Å². The number of hydrogen-bond acceptors (Lipinski definition) is 3. The normalized spacial score (nSPS) is 14.0. The van der Waals surface area contributed by atoms with E-state index < -0.39 is 0 Å². The summed E-state index contributed by atoms with van der Waals surface area (Å²) in [6.45, 7) is 2.97. The van der Waals surface area contributed by atoms with Crippen molar-refractivity contribution in [1.82, 2.24) is 9.78 Å².